The van der Waals surface area contributed by atoms with Gasteiger partial charge in [0, 0.05) is 13.2 Å². The van der Waals surface area contributed by atoms with Crippen molar-refractivity contribution in [2.75, 3.05) is 13.2 Å². The van der Waals surface area contributed by atoms with Crippen molar-refractivity contribution in [1.29, 1.82) is 0 Å². The molecule has 0 unspecified atom stereocenters. The van der Waals surface area contributed by atoms with E-state index in [-0.39, 0.29) is 0 Å². The lowest BCUT2D eigenvalue weighted by Crippen LogP contribution is -2.41. The van der Waals surface area contributed by atoms with E-state index in [1.54, 1.807) is 0 Å². The highest BCUT2D eigenvalue weighted by Gasteiger charge is 2.04. The lowest BCUT2D eigenvalue weighted by atomic mass is 10.2. The predicted molar refractivity (Wildman–Crippen MR) is 22.3 cm³/mol. The third kappa shape index (κ3) is 1.47. The van der Waals surface area contributed by atoms with Crippen LogP contribution in [0.4, 0.5) is 0 Å². The zero-order chi connectivity index (χ0) is 5.11. The van der Waals surface area contributed by atoms with Gasteiger partial charge in [-0.05, 0) is 6.42 Å². The molecule has 7 heavy (non-hydrogen) atoms. The van der Waals surface area contributed by atoms with Gasteiger partial charge in [-0.15, -0.1) is 0 Å². The maximum absolute atomic E-state index is 10.1. The van der Waals surface area contributed by atoms with Crippen LogP contribution in [0.25, 0.3) is 0 Å². The van der Waals surface area contributed by atoms with E-state index < -0.39 is 7.32 Å². The van der Waals surface area contributed by atoms with Crippen LogP contribution in [0.15, 0.2) is 0 Å². The molecule has 1 rings (SSSR count). The zero-order valence-electron chi connectivity index (χ0n) is 3.92. The Bertz CT molecular complexity index is 52.1. The summed E-state index contributed by atoms with van der Waals surface area (Å²) in [6, 6.07) is 0. The van der Waals surface area contributed by atoms with Crippen molar-refractivity contribution >= 4 is 7.32 Å². The molecule has 1 heterocycles. The van der Waals surface area contributed by atoms with Crippen LogP contribution in [0, 0.1) is 0 Å². The molecule has 1 fully saturated rings. The molecule has 0 N–H and O–H groups in total. The minimum absolute atomic E-state index is 0.550. The molecule has 0 aliphatic carbocycles. The molecule has 0 atom stereocenters. The van der Waals surface area contributed by atoms with Crippen molar-refractivity contribution in [1.82, 2.24) is 0 Å². The van der Waals surface area contributed by atoms with E-state index in [0.717, 1.165) is 6.42 Å². The van der Waals surface area contributed by atoms with E-state index in [2.05, 4.69) is 9.31 Å². The fourth-order valence-corrected chi connectivity index (χ4v) is 0.466. The molecule has 4 heteroatoms. The van der Waals surface area contributed by atoms with Crippen LogP contribution >= 0.6 is 0 Å². The van der Waals surface area contributed by atoms with Crippen LogP contribution in [0.5, 0.6) is 0 Å². The molecule has 0 aromatic rings. The van der Waals surface area contributed by atoms with Crippen LogP contribution < -0.4 is 5.02 Å². The monoisotopic (exact) mass is 101 g/mol. The van der Waals surface area contributed by atoms with Gasteiger partial charge in [-0.1, -0.05) is 0 Å². The third-order valence-corrected chi connectivity index (χ3v) is 0.797. The van der Waals surface area contributed by atoms with E-state index in [4.69, 9.17) is 0 Å². The second-order valence-electron chi connectivity index (χ2n) is 1.38. The molecule has 1 aliphatic heterocycles. The molecule has 0 amide bonds. The molecular weight excluding hydrogens is 94.8 g/mol. The van der Waals surface area contributed by atoms with E-state index in [1.165, 1.54) is 0 Å². The SMILES string of the molecule is [O-]B1OCCCO1. The second-order valence-corrected chi connectivity index (χ2v) is 1.38. The fraction of sp³-hybridized carbons (Fsp3) is 1.00. The highest BCUT2D eigenvalue weighted by atomic mass is 16.7. The van der Waals surface area contributed by atoms with Crippen LogP contribution in [0.1, 0.15) is 6.42 Å². The molecule has 1 aliphatic rings. The molecule has 3 nitrogen and oxygen atoms in total. The number of rotatable bonds is 0. The maximum atomic E-state index is 10.1. The van der Waals surface area contributed by atoms with Crippen molar-refractivity contribution in [2.24, 2.45) is 0 Å². The van der Waals surface area contributed by atoms with Gasteiger partial charge in [-0.3, -0.25) is 0 Å². The summed E-state index contributed by atoms with van der Waals surface area (Å²) in [5.74, 6) is 0. The lowest BCUT2D eigenvalue weighted by molar-refractivity contribution is -0.261. The summed E-state index contributed by atoms with van der Waals surface area (Å²) in [6.45, 7) is 1.10. The topological polar surface area (TPSA) is 41.5 Å². The lowest BCUT2D eigenvalue weighted by Gasteiger charge is -2.23. The first kappa shape index (κ1) is 5.09. The van der Waals surface area contributed by atoms with Gasteiger partial charge in [0.15, 0.2) is 0 Å². The quantitative estimate of drug-likeness (QED) is 0.358. The summed E-state index contributed by atoms with van der Waals surface area (Å²) in [5.41, 5.74) is 0. The Morgan fingerprint density at radius 1 is 1.29 bits per heavy atom. The fourth-order valence-electron chi connectivity index (χ4n) is 0.466. The van der Waals surface area contributed by atoms with Gasteiger partial charge < -0.3 is 14.3 Å². The summed E-state index contributed by atoms with van der Waals surface area (Å²) in [5, 5.41) is 10.1. The van der Waals surface area contributed by atoms with E-state index in [9.17, 15) is 5.02 Å². The summed E-state index contributed by atoms with van der Waals surface area (Å²) >= 11 is 0. The molecule has 1 saturated heterocycles. The summed E-state index contributed by atoms with van der Waals surface area (Å²) < 4.78 is 9.00. The van der Waals surface area contributed by atoms with Gasteiger partial charge >= 0.3 is 7.32 Å². The first-order valence-electron chi connectivity index (χ1n) is 2.28. The van der Waals surface area contributed by atoms with E-state index in [0.29, 0.717) is 13.2 Å². The van der Waals surface area contributed by atoms with Gasteiger partial charge in [0.1, 0.15) is 0 Å². The Hall–Kier alpha value is -0.0551. The Labute approximate surface area is 42.4 Å². The first-order valence-corrected chi connectivity index (χ1v) is 2.28. The highest BCUT2D eigenvalue weighted by Crippen LogP contribution is 1.93. The maximum Gasteiger partial charge on any atom is 0.345 e. The van der Waals surface area contributed by atoms with Crippen molar-refractivity contribution in [3.63, 3.8) is 0 Å². The second kappa shape index (κ2) is 2.30. The standard InChI is InChI=1S/C3H6BO3/c5-4-6-2-1-3-7-4/h1-3H2/q-1. The van der Waals surface area contributed by atoms with Crippen molar-refractivity contribution < 1.29 is 14.3 Å². The normalized spacial score (nSPS) is 22.7. The van der Waals surface area contributed by atoms with Gasteiger partial charge in [-0.25, -0.2) is 0 Å². The van der Waals surface area contributed by atoms with Crippen LogP contribution in [0.2, 0.25) is 0 Å². The highest BCUT2D eigenvalue weighted by molar-refractivity contribution is 6.32. The molecule has 0 aromatic carbocycles. The molecule has 0 spiro atoms. The largest absolute Gasteiger partial charge is 0.832 e. The average molecular weight is 101 g/mol. The van der Waals surface area contributed by atoms with Crippen molar-refractivity contribution in [3.8, 4) is 0 Å². The van der Waals surface area contributed by atoms with Gasteiger partial charge in [0.2, 0.25) is 0 Å². The molecule has 40 valence electrons. The van der Waals surface area contributed by atoms with E-state index in [1.807, 2.05) is 0 Å². The minimum Gasteiger partial charge on any atom is -0.832 e. The molecular formula is C3H6BO3-. The minimum atomic E-state index is -1.21. The summed E-state index contributed by atoms with van der Waals surface area (Å²) in [4.78, 5) is 0. The average Bonchev–Trinajstić information content (AvgIpc) is 1.69. The van der Waals surface area contributed by atoms with Crippen LogP contribution in [-0.4, -0.2) is 20.5 Å². The molecule has 0 radical (unpaired) electrons. The third-order valence-electron chi connectivity index (χ3n) is 0.797. The zero-order valence-corrected chi connectivity index (χ0v) is 3.92. The number of hydrogen-bond acceptors (Lipinski definition) is 3. The molecule has 0 aromatic heterocycles. The Morgan fingerprint density at radius 3 is 2.14 bits per heavy atom. The number of hydrogen-bond donors (Lipinski definition) is 0. The summed E-state index contributed by atoms with van der Waals surface area (Å²) in [6.07, 6.45) is 0.846. The summed E-state index contributed by atoms with van der Waals surface area (Å²) in [7, 11) is -1.21. The van der Waals surface area contributed by atoms with Crippen molar-refractivity contribution in [3.05, 3.63) is 0 Å². The van der Waals surface area contributed by atoms with Crippen LogP contribution in [-0.2, 0) is 9.31 Å². The first-order chi connectivity index (χ1) is 3.39. The smallest absolute Gasteiger partial charge is 0.345 e. The Kier molecular flexibility index (Phi) is 1.67. The van der Waals surface area contributed by atoms with Crippen LogP contribution in [0.3, 0.4) is 0 Å². The van der Waals surface area contributed by atoms with Crippen molar-refractivity contribution in [2.45, 2.75) is 6.42 Å². The Balaban J connectivity index is 2.12. The molecule has 0 bridgehead atoms. The van der Waals surface area contributed by atoms with Gasteiger partial charge in [0.25, 0.3) is 0 Å². The van der Waals surface area contributed by atoms with Gasteiger partial charge in [-0.2, -0.15) is 0 Å². The molecule has 0 saturated carbocycles. The van der Waals surface area contributed by atoms with Gasteiger partial charge in [0.05, 0.1) is 0 Å². The Morgan fingerprint density at radius 2 is 1.86 bits per heavy atom. The predicted octanol–water partition coefficient (Wildman–Crippen LogP) is -1.23. The van der Waals surface area contributed by atoms with E-state index >= 15 is 0 Å².